The highest BCUT2D eigenvalue weighted by Gasteiger charge is 2.21. The van der Waals surface area contributed by atoms with Crippen molar-refractivity contribution in [3.05, 3.63) is 52.6 Å². The van der Waals surface area contributed by atoms with E-state index in [2.05, 4.69) is 16.8 Å². The van der Waals surface area contributed by atoms with Crippen molar-refractivity contribution in [2.24, 2.45) is 0 Å². The lowest BCUT2D eigenvalue weighted by atomic mass is 10.0. The number of non-ortho nitro benzene ring substituents is 1. The highest BCUT2D eigenvalue weighted by molar-refractivity contribution is 5.85. The Morgan fingerprint density at radius 3 is 2.33 bits per heavy atom. The van der Waals surface area contributed by atoms with Gasteiger partial charge in [-0.2, -0.15) is 0 Å². The first kappa shape index (κ1) is 19.9. The molecule has 0 aliphatic carbocycles. The molecule has 0 unspecified atom stereocenters. The van der Waals surface area contributed by atoms with Crippen LogP contribution in [-0.2, 0) is 0 Å². The quantitative estimate of drug-likeness (QED) is 0.511. The van der Waals surface area contributed by atoms with Gasteiger partial charge in [0.2, 0.25) is 0 Å². The molecular weight excluding hydrogens is 313 g/mol. The number of hydrogen-bond acceptors (Lipinski definition) is 4. The van der Waals surface area contributed by atoms with E-state index in [-0.39, 0.29) is 41.5 Å². The summed E-state index contributed by atoms with van der Waals surface area (Å²) in [6.45, 7) is 7.78. The molecule has 7 heteroatoms. The summed E-state index contributed by atoms with van der Waals surface area (Å²) in [5.41, 5.74) is 1.26. The second-order valence-electron chi connectivity index (χ2n) is 4.67. The van der Waals surface area contributed by atoms with E-state index in [1.165, 1.54) is 0 Å². The van der Waals surface area contributed by atoms with Gasteiger partial charge in [0.05, 0.1) is 4.92 Å². The molecule has 1 heterocycles. The number of hydrogen-bond donors (Lipinski definition) is 1. The number of nitro groups is 1. The van der Waals surface area contributed by atoms with Gasteiger partial charge in [0.15, 0.2) is 0 Å². The van der Waals surface area contributed by atoms with Crippen LogP contribution in [0, 0.1) is 10.1 Å². The second kappa shape index (κ2) is 9.73. The maximum atomic E-state index is 10.7. The van der Waals surface area contributed by atoms with Crippen molar-refractivity contribution < 1.29 is 4.92 Å². The lowest BCUT2D eigenvalue weighted by Crippen LogP contribution is -2.45. The van der Waals surface area contributed by atoms with Gasteiger partial charge in [-0.25, -0.2) is 0 Å². The molecule has 0 amide bonds. The van der Waals surface area contributed by atoms with Crippen LogP contribution in [0.2, 0.25) is 0 Å². The first-order valence-electron chi connectivity index (χ1n) is 6.52. The molecule has 1 aliphatic rings. The van der Waals surface area contributed by atoms with Crippen LogP contribution < -0.4 is 5.32 Å². The summed E-state index contributed by atoms with van der Waals surface area (Å²) >= 11 is 0. The monoisotopic (exact) mass is 333 g/mol. The lowest BCUT2D eigenvalue weighted by molar-refractivity contribution is -0.384. The summed E-state index contributed by atoms with van der Waals surface area (Å²) in [4.78, 5) is 12.7. The number of halogens is 2. The Labute approximate surface area is 137 Å². The summed E-state index contributed by atoms with van der Waals surface area (Å²) < 4.78 is 0. The van der Waals surface area contributed by atoms with Crippen molar-refractivity contribution in [1.82, 2.24) is 10.2 Å². The van der Waals surface area contributed by atoms with Crippen molar-refractivity contribution >= 4 is 30.5 Å². The summed E-state index contributed by atoms with van der Waals surface area (Å²) in [6, 6.07) is 7.13. The number of benzene rings is 1. The van der Waals surface area contributed by atoms with Gasteiger partial charge in [0.25, 0.3) is 5.69 Å². The second-order valence-corrected chi connectivity index (χ2v) is 4.67. The Balaban J connectivity index is 0.00000200. The summed E-state index contributed by atoms with van der Waals surface area (Å²) in [5, 5.41) is 14.0. The van der Waals surface area contributed by atoms with Crippen LogP contribution in [0.5, 0.6) is 0 Å². The minimum Gasteiger partial charge on any atom is -0.314 e. The molecule has 1 atom stereocenters. The predicted molar refractivity (Wildman–Crippen MR) is 89.6 cm³/mol. The number of rotatable bonds is 5. The molecule has 1 fully saturated rings. The SMILES string of the molecule is C=CC[C@H](c1ccc([N+](=O)[O-])cc1)N1CCNCC1.Cl.Cl. The largest absolute Gasteiger partial charge is 0.314 e. The molecule has 1 aromatic carbocycles. The number of piperazine rings is 1. The molecule has 21 heavy (non-hydrogen) atoms. The average molecular weight is 334 g/mol. The fraction of sp³-hybridized carbons (Fsp3) is 0.429. The summed E-state index contributed by atoms with van der Waals surface area (Å²) in [7, 11) is 0. The topological polar surface area (TPSA) is 58.4 Å². The van der Waals surface area contributed by atoms with E-state index in [1.54, 1.807) is 12.1 Å². The van der Waals surface area contributed by atoms with Gasteiger partial charge < -0.3 is 5.32 Å². The van der Waals surface area contributed by atoms with Crippen LogP contribution in [0.4, 0.5) is 5.69 Å². The van der Waals surface area contributed by atoms with Crippen LogP contribution in [-0.4, -0.2) is 36.0 Å². The number of nitrogens with zero attached hydrogens (tertiary/aromatic N) is 2. The molecule has 5 nitrogen and oxygen atoms in total. The van der Waals surface area contributed by atoms with E-state index in [0.717, 1.165) is 38.2 Å². The van der Waals surface area contributed by atoms with Gasteiger partial charge >= 0.3 is 0 Å². The van der Waals surface area contributed by atoms with Crippen molar-refractivity contribution in [2.75, 3.05) is 26.2 Å². The van der Waals surface area contributed by atoms with Gasteiger partial charge in [-0.3, -0.25) is 15.0 Å². The Bertz CT molecular complexity index is 448. The molecule has 2 rings (SSSR count). The molecular formula is C14H21Cl2N3O2. The van der Waals surface area contributed by atoms with E-state index >= 15 is 0 Å². The summed E-state index contributed by atoms with van der Waals surface area (Å²) in [5.74, 6) is 0. The van der Waals surface area contributed by atoms with E-state index in [4.69, 9.17) is 0 Å². The molecule has 1 saturated heterocycles. The van der Waals surface area contributed by atoms with Crippen molar-refractivity contribution in [2.45, 2.75) is 12.5 Å². The van der Waals surface area contributed by atoms with E-state index in [1.807, 2.05) is 18.2 Å². The smallest absolute Gasteiger partial charge is 0.269 e. The van der Waals surface area contributed by atoms with Gasteiger partial charge in [0, 0.05) is 44.4 Å². The van der Waals surface area contributed by atoms with Crippen molar-refractivity contribution in [3.63, 3.8) is 0 Å². The highest BCUT2D eigenvalue weighted by Crippen LogP contribution is 2.26. The van der Waals surface area contributed by atoms with Crippen molar-refractivity contribution in [1.29, 1.82) is 0 Å². The number of nitrogens with one attached hydrogen (secondary N) is 1. The van der Waals surface area contributed by atoms with Gasteiger partial charge in [-0.15, -0.1) is 31.4 Å². The lowest BCUT2D eigenvalue weighted by Gasteiger charge is -2.34. The molecule has 0 bridgehead atoms. The molecule has 1 aromatic rings. The minimum absolute atomic E-state index is 0. The van der Waals surface area contributed by atoms with Crippen LogP contribution in [0.25, 0.3) is 0 Å². The third-order valence-corrected chi connectivity index (χ3v) is 3.47. The number of nitro benzene ring substituents is 1. The van der Waals surface area contributed by atoms with Crippen LogP contribution in [0.3, 0.4) is 0 Å². The van der Waals surface area contributed by atoms with Gasteiger partial charge in [-0.05, 0) is 12.0 Å². The van der Waals surface area contributed by atoms with Crippen LogP contribution >= 0.6 is 24.8 Å². The molecule has 0 aromatic heterocycles. The normalized spacial score (nSPS) is 16.2. The Hall–Kier alpha value is -1.14. The van der Waals surface area contributed by atoms with Gasteiger partial charge in [-0.1, -0.05) is 18.2 Å². The van der Waals surface area contributed by atoms with E-state index in [9.17, 15) is 10.1 Å². The minimum atomic E-state index is -0.364. The van der Waals surface area contributed by atoms with Gasteiger partial charge in [0.1, 0.15) is 0 Å². The van der Waals surface area contributed by atoms with Crippen LogP contribution in [0.15, 0.2) is 36.9 Å². The first-order valence-corrected chi connectivity index (χ1v) is 6.52. The maximum Gasteiger partial charge on any atom is 0.269 e. The van der Waals surface area contributed by atoms with E-state index < -0.39 is 0 Å². The fourth-order valence-corrected chi connectivity index (χ4v) is 2.47. The molecule has 1 aliphatic heterocycles. The zero-order valence-electron chi connectivity index (χ0n) is 11.7. The third kappa shape index (κ3) is 5.28. The Morgan fingerprint density at radius 2 is 1.86 bits per heavy atom. The molecule has 118 valence electrons. The zero-order valence-corrected chi connectivity index (χ0v) is 13.4. The highest BCUT2D eigenvalue weighted by atomic mass is 35.5. The maximum absolute atomic E-state index is 10.7. The van der Waals surface area contributed by atoms with Crippen molar-refractivity contribution in [3.8, 4) is 0 Å². The fourth-order valence-electron chi connectivity index (χ4n) is 2.47. The predicted octanol–water partition coefficient (Wildman–Crippen LogP) is 2.96. The van der Waals surface area contributed by atoms with Crippen LogP contribution in [0.1, 0.15) is 18.0 Å². The zero-order chi connectivity index (χ0) is 13.7. The standard InChI is InChI=1S/C14H19N3O2.2ClH/c1-2-3-14(16-10-8-15-9-11-16)12-4-6-13(7-5-12)17(18)19;;/h2,4-7,14-15H,1,3,8-11H2;2*1H/t14-;;/m1../s1. The Kier molecular flexibility index (Phi) is 9.21. The molecule has 0 saturated carbocycles. The molecule has 0 radical (unpaired) electrons. The third-order valence-electron chi connectivity index (χ3n) is 3.47. The first-order chi connectivity index (χ1) is 9.22. The summed E-state index contributed by atoms with van der Waals surface area (Å²) in [6.07, 6.45) is 2.77. The Morgan fingerprint density at radius 1 is 1.29 bits per heavy atom. The molecule has 0 spiro atoms. The van der Waals surface area contributed by atoms with E-state index in [0.29, 0.717) is 0 Å². The molecule has 1 N–H and O–H groups in total. The average Bonchev–Trinajstić information content (AvgIpc) is 2.46.